The number of aliphatic hydroxyl groups excluding tert-OH is 1. The summed E-state index contributed by atoms with van der Waals surface area (Å²) in [6, 6.07) is 1.47. The molecule has 2 N–H and O–H groups in total. The van der Waals surface area contributed by atoms with E-state index >= 15 is 0 Å². The van der Waals surface area contributed by atoms with Gasteiger partial charge in [0.1, 0.15) is 5.82 Å². The molecule has 0 spiro atoms. The quantitative estimate of drug-likeness (QED) is 0.620. The second-order valence-electron chi connectivity index (χ2n) is 3.91. The fraction of sp³-hybridized carbons (Fsp3) is 0.500. The van der Waals surface area contributed by atoms with E-state index in [2.05, 4.69) is 5.32 Å². The van der Waals surface area contributed by atoms with Crippen molar-refractivity contribution < 1.29 is 27.4 Å². The molecule has 19 heavy (non-hydrogen) atoms. The van der Waals surface area contributed by atoms with Gasteiger partial charge in [-0.15, -0.1) is 0 Å². The lowest BCUT2D eigenvalue weighted by Gasteiger charge is -2.21. The second-order valence-corrected chi connectivity index (χ2v) is 3.91. The number of aliphatic hydroxyl groups is 1. The smallest absolute Gasteiger partial charge is 0.394 e. The summed E-state index contributed by atoms with van der Waals surface area (Å²) in [7, 11) is 1.45. The van der Waals surface area contributed by atoms with Crippen LogP contribution in [0.1, 0.15) is 17.2 Å². The van der Waals surface area contributed by atoms with Crippen LogP contribution in [0.15, 0.2) is 18.2 Å². The maximum absolute atomic E-state index is 12.9. The predicted molar refractivity (Wildman–Crippen MR) is 61.1 cm³/mol. The Labute approximate surface area is 108 Å². The zero-order valence-electron chi connectivity index (χ0n) is 10.3. The average molecular weight is 281 g/mol. The minimum Gasteiger partial charge on any atom is -0.394 e. The Hall–Kier alpha value is -1.18. The zero-order valence-corrected chi connectivity index (χ0v) is 10.3. The molecule has 7 heteroatoms. The highest BCUT2D eigenvalue weighted by Crippen LogP contribution is 2.35. The van der Waals surface area contributed by atoms with Crippen molar-refractivity contribution >= 4 is 0 Å². The average Bonchev–Trinajstić information content (AvgIpc) is 2.34. The SMILES string of the molecule is COCCNC(CO)c1ccc(F)cc1C(F)(F)F. The molecule has 3 nitrogen and oxygen atoms in total. The van der Waals surface area contributed by atoms with Crippen molar-refractivity contribution in [3.8, 4) is 0 Å². The van der Waals surface area contributed by atoms with E-state index in [1.807, 2.05) is 0 Å². The Bertz CT molecular complexity index is 409. The van der Waals surface area contributed by atoms with Crippen LogP contribution in [0.3, 0.4) is 0 Å². The molecule has 0 fully saturated rings. The minimum atomic E-state index is -4.67. The molecule has 0 amide bonds. The van der Waals surface area contributed by atoms with Crippen molar-refractivity contribution in [1.29, 1.82) is 0 Å². The van der Waals surface area contributed by atoms with E-state index < -0.39 is 30.2 Å². The van der Waals surface area contributed by atoms with Crippen molar-refractivity contribution in [3.63, 3.8) is 0 Å². The predicted octanol–water partition coefficient (Wildman–Crippen LogP) is 2.11. The first-order valence-electron chi connectivity index (χ1n) is 5.60. The molecule has 0 saturated heterocycles. The van der Waals surface area contributed by atoms with E-state index in [0.717, 1.165) is 12.1 Å². The molecule has 0 saturated carbocycles. The van der Waals surface area contributed by atoms with Crippen LogP contribution in [0.4, 0.5) is 17.6 Å². The van der Waals surface area contributed by atoms with Crippen LogP contribution in [-0.2, 0) is 10.9 Å². The number of halogens is 4. The van der Waals surface area contributed by atoms with Crippen molar-refractivity contribution in [2.24, 2.45) is 0 Å². The van der Waals surface area contributed by atoms with Crippen LogP contribution in [0.25, 0.3) is 0 Å². The van der Waals surface area contributed by atoms with Crippen LogP contribution in [0.2, 0.25) is 0 Å². The van der Waals surface area contributed by atoms with Gasteiger partial charge in [0.25, 0.3) is 0 Å². The summed E-state index contributed by atoms with van der Waals surface area (Å²) in [5.74, 6) is -0.968. The van der Waals surface area contributed by atoms with Gasteiger partial charge in [0, 0.05) is 13.7 Å². The zero-order chi connectivity index (χ0) is 14.5. The van der Waals surface area contributed by atoms with Crippen molar-refractivity contribution in [3.05, 3.63) is 35.1 Å². The van der Waals surface area contributed by atoms with Crippen molar-refractivity contribution in [1.82, 2.24) is 5.32 Å². The summed E-state index contributed by atoms with van der Waals surface area (Å²) in [6.45, 7) is 0.0356. The van der Waals surface area contributed by atoms with Gasteiger partial charge in [0.05, 0.1) is 24.8 Å². The first kappa shape index (κ1) is 15.9. The molecule has 1 atom stereocenters. The number of nitrogens with one attached hydrogen (secondary N) is 1. The van der Waals surface area contributed by atoms with E-state index in [1.54, 1.807) is 0 Å². The van der Waals surface area contributed by atoms with E-state index in [9.17, 15) is 22.7 Å². The van der Waals surface area contributed by atoms with Crippen molar-refractivity contribution in [2.75, 3.05) is 26.9 Å². The molecule has 0 aliphatic carbocycles. The summed E-state index contributed by atoms with van der Waals surface area (Å²) in [4.78, 5) is 0. The fourth-order valence-corrected chi connectivity index (χ4v) is 1.69. The molecule has 1 unspecified atom stereocenters. The summed E-state index contributed by atoms with van der Waals surface area (Å²) in [5, 5.41) is 11.9. The van der Waals surface area contributed by atoms with Crippen LogP contribution < -0.4 is 5.32 Å². The molecular weight excluding hydrogens is 266 g/mol. The van der Waals surface area contributed by atoms with Crippen LogP contribution in [0.5, 0.6) is 0 Å². The molecule has 1 aromatic carbocycles. The lowest BCUT2D eigenvalue weighted by molar-refractivity contribution is -0.138. The van der Waals surface area contributed by atoms with E-state index in [1.165, 1.54) is 7.11 Å². The summed E-state index contributed by atoms with van der Waals surface area (Å²) in [6.07, 6.45) is -4.67. The Morgan fingerprint density at radius 2 is 2.05 bits per heavy atom. The lowest BCUT2D eigenvalue weighted by Crippen LogP contribution is -2.29. The fourth-order valence-electron chi connectivity index (χ4n) is 1.69. The number of methoxy groups -OCH3 is 1. The molecule has 0 bridgehead atoms. The third-order valence-corrected chi connectivity index (χ3v) is 2.58. The Balaban J connectivity index is 3.02. The molecule has 0 radical (unpaired) electrons. The third-order valence-electron chi connectivity index (χ3n) is 2.58. The number of hydrogen-bond donors (Lipinski definition) is 2. The highest BCUT2D eigenvalue weighted by Gasteiger charge is 2.35. The first-order chi connectivity index (χ1) is 8.90. The van der Waals surface area contributed by atoms with Gasteiger partial charge in [0.15, 0.2) is 0 Å². The van der Waals surface area contributed by atoms with Gasteiger partial charge in [0.2, 0.25) is 0 Å². The number of hydrogen-bond acceptors (Lipinski definition) is 3. The molecule has 108 valence electrons. The number of rotatable bonds is 6. The standard InChI is InChI=1S/C12H15F4NO2/c1-19-5-4-17-11(7-18)9-3-2-8(13)6-10(9)12(14,15)16/h2-3,6,11,17-18H,4-5,7H2,1H3. The first-order valence-corrected chi connectivity index (χ1v) is 5.60. The van der Waals surface area contributed by atoms with Gasteiger partial charge < -0.3 is 15.2 Å². The maximum Gasteiger partial charge on any atom is 0.416 e. The molecule has 0 heterocycles. The van der Waals surface area contributed by atoms with Gasteiger partial charge in [-0.05, 0) is 17.7 Å². The molecule has 0 aliphatic heterocycles. The molecule has 1 rings (SSSR count). The van der Waals surface area contributed by atoms with Gasteiger partial charge in [-0.25, -0.2) is 4.39 Å². The molecule has 1 aromatic rings. The largest absolute Gasteiger partial charge is 0.416 e. The Kier molecular flexibility index (Phi) is 5.71. The number of ether oxygens (including phenoxy) is 1. The van der Waals surface area contributed by atoms with E-state index in [4.69, 9.17) is 4.74 Å². The van der Waals surface area contributed by atoms with E-state index in [-0.39, 0.29) is 12.1 Å². The van der Waals surface area contributed by atoms with E-state index in [0.29, 0.717) is 12.7 Å². The van der Waals surface area contributed by atoms with Gasteiger partial charge in [-0.2, -0.15) is 13.2 Å². The van der Waals surface area contributed by atoms with Crippen LogP contribution >= 0.6 is 0 Å². The van der Waals surface area contributed by atoms with Crippen molar-refractivity contribution in [2.45, 2.75) is 12.2 Å². The summed E-state index contributed by atoms with van der Waals surface area (Å²) < 4.78 is 56.1. The molecular formula is C12H15F4NO2. The Morgan fingerprint density at radius 3 is 2.58 bits per heavy atom. The highest BCUT2D eigenvalue weighted by molar-refractivity contribution is 5.33. The summed E-state index contributed by atoms with van der Waals surface area (Å²) >= 11 is 0. The molecule has 0 aliphatic rings. The normalized spacial score (nSPS) is 13.6. The van der Waals surface area contributed by atoms with Crippen LogP contribution in [0, 0.1) is 5.82 Å². The van der Waals surface area contributed by atoms with Gasteiger partial charge in [-0.3, -0.25) is 0 Å². The maximum atomic E-state index is 12.9. The number of alkyl halides is 3. The lowest BCUT2D eigenvalue weighted by atomic mass is 10.00. The highest BCUT2D eigenvalue weighted by atomic mass is 19.4. The monoisotopic (exact) mass is 281 g/mol. The Morgan fingerprint density at radius 1 is 1.37 bits per heavy atom. The van der Waals surface area contributed by atoms with Gasteiger partial charge in [-0.1, -0.05) is 6.07 Å². The topological polar surface area (TPSA) is 41.5 Å². The minimum absolute atomic E-state index is 0.187. The number of benzene rings is 1. The summed E-state index contributed by atoms with van der Waals surface area (Å²) in [5.41, 5.74) is -1.27. The van der Waals surface area contributed by atoms with Crippen LogP contribution in [-0.4, -0.2) is 32.0 Å². The molecule has 0 aromatic heterocycles. The van der Waals surface area contributed by atoms with Gasteiger partial charge >= 0.3 is 6.18 Å². The third kappa shape index (κ3) is 4.45. The second kappa shape index (κ2) is 6.83.